The van der Waals surface area contributed by atoms with Gasteiger partial charge in [0.15, 0.2) is 11.6 Å². The predicted molar refractivity (Wildman–Crippen MR) is 92.1 cm³/mol. The summed E-state index contributed by atoms with van der Waals surface area (Å²) in [6, 6.07) is 2.93. The van der Waals surface area contributed by atoms with Crippen LogP contribution in [0.2, 0.25) is 0 Å². The quantitative estimate of drug-likeness (QED) is 0.534. The highest BCUT2D eigenvalue weighted by molar-refractivity contribution is 5.92. The molecule has 0 spiro atoms. The minimum atomic E-state index is -0.441. The van der Waals surface area contributed by atoms with E-state index >= 15 is 0 Å². The lowest BCUT2D eigenvalue weighted by Crippen LogP contribution is -2.44. The van der Waals surface area contributed by atoms with Gasteiger partial charge in [-0.05, 0) is 44.5 Å². The molecule has 1 aromatic rings. The fourth-order valence-corrected chi connectivity index (χ4v) is 3.30. The molecule has 5 heteroatoms. The molecule has 134 valence electrons. The van der Waals surface area contributed by atoms with Gasteiger partial charge in [-0.1, -0.05) is 26.7 Å². The predicted octanol–water partition coefficient (Wildman–Crippen LogP) is 3.82. The molecule has 0 saturated carbocycles. The number of halogens is 1. The Hall–Kier alpha value is -1.62. The fourth-order valence-electron chi connectivity index (χ4n) is 3.30. The van der Waals surface area contributed by atoms with Gasteiger partial charge in [0.2, 0.25) is 0 Å². The Balaban J connectivity index is 2.21. The minimum Gasteiger partial charge on any atom is -0.489 e. The van der Waals surface area contributed by atoms with Crippen LogP contribution in [0.4, 0.5) is 4.39 Å². The van der Waals surface area contributed by atoms with Gasteiger partial charge in [0, 0.05) is 11.6 Å². The Morgan fingerprint density at radius 2 is 2.08 bits per heavy atom. The summed E-state index contributed by atoms with van der Waals surface area (Å²) < 4.78 is 24.6. The molecule has 0 fully saturated rings. The van der Waals surface area contributed by atoms with Crippen molar-refractivity contribution in [2.75, 3.05) is 26.8 Å². The van der Waals surface area contributed by atoms with Crippen LogP contribution < -0.4 is 4.74 Å². The third kappa shape index (κ3) is 4.26. The maximum Gasteiger partial charge on any atom is 0.338 e. The van der Waals surface area contributed by atoms with Crippen LogP contribution >= 0.6 is 0 Å². The van der Waals surface area contributed by atoms with E-state index < -0.39 is 11.8 Å². The Labute approximate surface area is 143 Å². The molecular formula is C19H28FNO3. The molecule has 2 rings (SSSR count). The second-order valence-electron chi connectivity index (χ2n) is 6.31. The number of hydrogen-bond acceptors (Lipinski definition) is 4. The molecule has 0 bridgehead atoms. The molecule has 0 aliphatic carbocycles. The van der Waals surface area contributed by atoms with Gasteiger partial charge < -0.3 is 9.47 Å². The van der Waals surface area contributed by atoms with E-state index in [0.29, 0.717) is 24.2 Å². The lowest BCUT2D eigenvalue weighted by atomic mass is 9.95. The number of esters is 1. The number of hydrogen-bond donors (Lipinski definition) is 0. The molecule has 0 aromatic heterocycles. The number of rotatable bonds is 8. The van der Waals surface area contributed by atoms with Crippen molar-refractivity contribution in [1.82, 2.24) is 4.90 Å². The first-order chi connectivity index (χ1) is 11.6. The van der Waals surface area contributed by atoms with E-state index in [-0.39, 0.29) is 11.8 Å². The minimum absolute atomic E-state index is 0.166. The molecule has 0 amide bonds. The second kappa shape index (κ2) is 9.02. The summed E-state index contributed by atoms with van der Waals surface area (Å²) >= 11 is 0. The van der Waals surface area contributed by atoms with Crippen molar-refractivity contribution in [2.24, 2.45) is 0 Å². The summed E-state index contributed by atoms with van der Waals surface area (Å²) in [5.41, 5.74) is 1.04. The average Bonchev–Trinajstić information content (AvgIpc) is 2.60. The second-order valence-corrected chi connectivity index (χ2v) is 6.31. The third-order valence-electron chi connectivity index (χ3n) is 4.55. The Morgan fingerprint density at radius 1 is 1.29 bits per heavy atom. The van der Waals surface area contributed by atoms with Crippen LogP contribution in [0.15, 0.2) is 12.1 Å². The van der Waals surface area contributed by atoms with Crippen LogP contribution in [0, 0.1) is 5.82 Å². The molecule has 0 radical (unpaired) electrons. The molecule has 1 unspecified atom stereocenters. The average molecular weight is 337 g/mol. The first-order valence-electron chi connectivity index (χ1n) is 8.88. The molecule has 1 aliphatic rings. The third-order valence-corrected chi connectivity index (χ3v) is 4.55. The first kappa shape index (κ1) is 18.7. The monoisotopic (exact) mass is 337 g/mol. The summed E-state index contributed by atoms with van der Waals surface area (Å²) in [6.45, 7) is 6.80. The molecule has 4 nitrogen and oxygen atoms in total. The summed E-state index contributed by atoms with van der Waals surface area (Å²) in [7, 11) is 1.34. The van der Waals surface area contributed by atoms with E-state index in [9.17, 15) is 9.18 Å². The number of carbonyl (C=O) groups is 1. The van der Waals surface area contributed by atoms with Gasteiger partial charge in [-0.3, -0.25) is 4.90 Å². The summed E-state index contributed by atoms with van der Waals surface area (Å²) in [5, 5.41) is 0. The van der Waals surface area contributed by atoms with Gasteiger partial charge >= 0.3 is 5.97 Å². The molecule has 1 atom stereocenters. The van der Waals surface area contributed by atoms with Crippen LogP contribution in [-0.4, -0.2) is 43.7 Å². The standard InChI is InChI=1S/C19H28FNO3/c1-4-6-7-11-21(10-5-2)14-12-16-15(19(22)23-3)8-9-17(20)18(16)24-13-14/h8-9,14H,4-7,10-13H2,1-3H3. The zero-order chi connectivity index (χ0) is 17.5. The van der Waals surface area contributed by atoms with Gasteiger partial charge in [-0.25, -0.2) is 9.18 Å². The van der Waals surface area contributed by atoms with E-state index in [4.69, 9.17) is 9.47 Å². The van der Waals surface area contributed by atoms with Gasteiger partial charge in [0.25, 0.3) is 0 Å². The summed E-state index contributed by atoms with van der Waals surface area (Å²) in [5.74, 6) is -0.646. The van der Waals surface area contributed by atoms with E-state index in [0.717, 1.165) is 25.9 Å². The largest absolute Gasteiger partial charge is 0.489 e. The van der Waals surface area contributed by atoms with Crippen LogP contribution in [0.3, 0.4) is 0 Å². The highest BCUT2D eigenvalue weighted by Crippen LogP contribution is 2.33. The van der Waals surface area contributed by atoms with Crippen LogP contribution in [0.25, 0.3) is 0 Å². The molecule has 1 aromatic carbocycles. The number of methoxy groups -OCH3 is 1. The normalized spacial score (nSPS) is 16.6. The SMILES string of the molecule is CCCCCN(CCC)C1COc2c(F)ccc(C(=O)OC)c2C1. The van der Waals surface area contributed by atoms with E-state index in [2.05, 4.69) is 18.7 Å². The number of unbranched alkanes of at least 4 members (excludes halogenated alkanes) is 2. The molecular weight excluding hydrogens is 309 g/mol. The van der Waals surface area contributed by atoms with E-state index in [1.807, 2.05) is 0 Å². The number of fused-ring (bicyclic) bond motifs is 1. The number of nitrogens with zero attached hydrogens (tertiary/aromatic N) is 1. The van der Waals surface area contributed by atoms with Crippen molar-refractivity contribution in [2.45, 2.75) is 52.0 Å². The highest BCUT2D eigenvalue weighted by atomic mass is 19.1. The maximum absolute atomic E-state index is 14.1. The maximum atomic E-state index is 14.1. The van der Waals surface area contributed by atoms with Crippen molar-refractivity contribution in [3.05, 3.63) is 29.1 Å². The molecule has 0 saturated heterocycles. The Bertz CT molecular complexity index is 562. The lowest BCUT2D eigenvalue weighted by Gasteiger charge is -2.35. The van der Waals surface area contributed by atoms with Crippen molar-refractivity contribution in [3.8, 4) is 5.75 Å². The van der Waals surface area contributed by atoms with Crippen molar-refractivity contribution in [1.29, 1.82) is 0 Å². The van der Waals surface area contributed by atoms with Gasteiger partial charge in [-0.15, -0.1) is 0 Å². The zero-order valence-electron chi connectivity index (χ0n) is 14.9. The number of benzene rings is 1. The van der Waals surface area contributed by atoms with Gasteiger partial charge in [0.1, 0.15) is 6.61 Å². The lowest BCUT2D eigenvalue weighted by molar-refractivity contribution is 0.0593. The van der Waals surface area contributed by atoms with Crippen molar-refractivity contribution >= 4 is 5.97 Å². The van der Waals surface area contributed by atoms with Crippen LogP contribution in [-0.2, 0) is 11.2 Å². The van der Waals surface area contributed by atoms with E-state index in [1.54, 1.807) is 0 Å². The summed E-state index contributed by atoms with van der Waals surface area (Å²) in [4.78, 5) is 14.4. The van der Waals surface area contributed by atoms with Crippen molar-refractivity contribution in [3.63, 3.8) is 0 Å². The van der Waals surface area contributed by atoms with Gasteiger partial charge in [0.05, 0.1) is 12.7 Å². The van der Waals surface area contributed by atoms with Crippen LogP contribution in [0.1, 0.15) is 55.5 Å². The smallest absolute Gasteiger partial charge is 0.338 e. The molecule has 24 heavy (non-hydrogen) atoms. The van der Waals surface area contributed by atoms with Crippen molar-refractivity contribution < 1.29 is 18.7 Å². The molecule has 1 heterocycles. The Morgan fingerprint density at radius 3 is 2.75 bits per heavy atom. The van der Waals surface area contributed by atoms with Crippen LogP contribution in [0.5, 0.6) is 5.75 Å². The number of ether oxygens (including phenoxy) is 2. The zero-order valence-corrected chi connectivity index (χ0v) is 14.9. The fraction of sp³-hybridized carbons (Fsp3) is 0.632. The first-order valence-corrected chi connectivity index (χ1v) is 8.88. The number of carbonyl (C=O) groups excluding carboxylic acids is 1. The van der Waals surface area contributed by atoms with Gasteiger partial charge in [-0.2, -0.15) is 0 Å². The molecule has 1 aliphatic heterocycles. The molecule has 0 N–H and O–H groups in total. The Kier molecular flexibility index (Phi) is 7.03. The highest BCUT2D eigenvalue weighted by Gasteiger charge is 2.30. The summed E-state index contributed by atoms with van der Waals surface area (Å²) in [6.07, 6.45) is 5.20. The van der Waals surface area contributed by atoms with E-state index in [1.165, 1.54) is 32.1 Å². The topological polar surface area (TPSA) is 38.8 Å².